The van der Waals surface area contributed by atoms with Gasteiger partial charge in [-0.2, -0.15) is 15.6 Å². The van der Waals surface area contributed by atoms with Gasteiger partial charge in [-0.25, -0.2) is 0 Å². The van der Waals surface area contributed by atoms with E-state index in [0.717, 1.165) is 11.1 Å². The van der Waals surface area contributed by atoms with Crippen LogP contribution in [0.15, 0.2) is 18.2 Å². The summed E-state index contributed by atoms with van der Waals surface area (Å²) in [6.07, 6.45) is 2.39. The zero-order valence-corrected chi connectivity index (χ0v) is 11.7. The molecule has 0 amide bonds. The number of nitrogens with one attached hydrogen (secondary N) is 1. The molecular weight excluding hydrogens is 276 g/mol. The van der Waals surface area contributed by atoms with Crippen LogP contribution in [0.1, 0.15) is 30.2 Å². The number of benzene rings is 1. The number of hydrogen-bond donors (Lipinski definition) is 1. The van der Waals surface area contributed by atoms with Crippen molar-refractivity contribution >= 4 is 11.6 Å². The van der Waals surface area contributed by atoms with Crippen LogP contribution < -0.4 is 0 Å². The van der Waals surface area contributed by atoms with Gasteiger partial charge in [0, 0.05) is 17.7 Å². The maximum atomic E-state index is 9.03. The Hall–Kier alpha value is -1.90. The van der Waals surface area contributed by atoms with Crippen molar-refractivity contribution in [3.63, 3.8) is 0 Å². The molecule has 2 aromatic rings. The van der Waals surface area contributed by atoms with Crippen LogP contribution >= 0.6 is 11.6 Å². The van der Waals surface area contributed by atoms with Gasteiger partial charge in [0.15, 0.2) is 5.69 Å². The van der Waals surface area contributed by atoms with Crippen LogP contribution in [0.2, 0.25) is 5.02 Å². The predicted molar refractivity (Wildman–Crippen MR) is 74.0 cm³/mol. The molecule has 1 heterocycles. The van der Waals surface area contributed by atoms with Crippen molar-refractivity contribution in [1.29, 1.82) is 5.26 Å². The summed E-state index contributed by atoms with van der Waals surface area (Å²) in [6.45, 7) is 0. The largest absolute Gasteiger partial charge is 0.376 e. The Morgan fingerprint density at radius 3 is 2.85 bits per heavy atom. The molecule has 1 fully saturated rings. The first-order valence-electron chi connectivity index (χ1n) is 6.37. The van der Waals surface area contributed by atoms with Crippen LogP contribution in [-0.2, 0) is 4.74 Å². The number of aromatic amines is 1. The summed E-state index contributed by atoms with van der Waals surface area (Å²) in [6, 6.07) is 7.67. The maximum absolute atomic E-state index is 9.03. The van der Waals surface area contributed by atoms with Crippen LogP contribution in [0, 0.1) is 17.2 Å². The van der Waals surface area contributed by atoms with E-state index < -0.39 is 0 Å². The zero-order chi connectivity index (χ0) is 14.1. The molecule has 1 atom stereocenters. The topological polar surface area (TPSA) is 74.6 Å². The molecule has 5 nitrogen and oxygen atoms in total. The van der Waals surface area contributed by atoms with Gasteiger partial charge < -0.3 is 4.74 Å². The smallest absolute Gasteiger partial charge is 0.190 e. The second kappa shape index (κ2) is 5.23. The number of rotatable bonds is 4. The molecule has 3 rings (SSSR count). The molecule has 1 N–H and O–H groups in total. The van der Waals surface area contributed by atoms with Gasteiger partial charge in [0.2, 0.25) is 0 Å². The highest BCUT2D eigenvalue weighted by Gasteiger charge is 2.32. The maximum Gasteiger partial charge on any atom is 0.190 e. The summed E-state index contributed by atoms with van der Waals surface area (Å²) in [7, 11) is 1.71. The van der Waals surface area contributed by atoms with E-state index >= 15 is 0 Å². The Labute approximate surface area is 121 Å². The first kappa shape index (κ1) is 13.1. The van der Waals surface area contributed by atoms with Gasteiger partial charge in [0.25, 0.3) is 0 Å². The molecule has 1 saturated carbocycles. The molecule has 0 spiro atoms. The molecule has 1 unspecified atom stereocenters. The van der Waals surface area contributed by atoms with Crippen LogP contribution in [0.4, 0.5) is 0 Å². The van der Waals surface area contributed by atoms with Crippen molar-refractivity contribution in [2.24, 2.45) is 5.92 Å². The number of halogens is 1. The lowest BCUT2D eigenvalue weighted by Gasteiger charge is -2.16. The van der Waals surface area contributed by atoms with Crippen molar-refractivity contribution in [3.8, 4) is 17.3 Å². The molecule has 1 aromatic heterocycles. The quantitative estimate of drug-likeness (QED) is 0.938. The molecule has 0 aliphatic heterocycles. The van der Waals surface area contributed by atoms with Crippen molar-refractivity contribution in [3.05, 3.63) is 34.5 Å². The number of aromatic nitrogens is 3. The normalized spacial score (nSPS) is 15.8. The number of methoxy groups -OCH3 is 1. The van der Waals surface area contributed by atoms with Crippen molar-refractivity contribution in [2.75, 3.05) is 7.11 Å². The zero-order valence-electron chi connectivity index (χ0n) is 10.9. The average Bonchev–Trinajstić information content (AvgIpc) is 3.15. The highest BCUT2D eigenvalue weighted by molar-refractivity contribution is 6.31. The molecule has 0 bridgehead atoms. The fourth-order valence-corrected chi connectivity index (χ4v) is 2.67. The minimum absolute atomic E-state index is 0.0462. The number of nitriles is 1. The number of hydrogen-bond acceptors (Lipinski definition) is 4. The minimum Gasteiger partial charge on any atom is -0.376 e. The lowest BCUT2D eigenvalue weighted by Crippen LogP contribution is -2.04. The van der Waals surface area contributed by atoms with E-state index in [4.69, 9.17) is 21.6 Å². The van der Waals surface area contributed by atoms with E-state index in [1.807, 2.05) is 18.2 Å². The summed E-state index contributed by atoms with van der Waals surface area (Å²) in [4.78, 5) is 0. The van der Waals surface area contributed by atoms with Gasteiger partial charge >= 0.3 is 0 Å². The molecule has 20 heavy (non-hydrogen) atoms. The molecule has 1 aromatic carbocycles. The lowest BCUT2D eigenvalue weighted by atomic mass is 10.0. The summed E-state index contributed by atoms with van der Waals surface area (Å²) in [5.74, 6) is 0.555. The Bertz CT molecular complexity index is 672. The highest BCUT2D eigenvalue weighted by Crippen LogP contribution is 2.44. The van der Waals surface area contributed by atoms with Gasteiger partial charge in [-0.15, -0.1) is 5.10 Å². The first-order chi connectivity index (χ1) is 9.72. The van der Waals surface area contributed by atoms with E-state index in [0.29, 0.717) is 16.6 Å². The van der Waals surface area contributed by atoms with E-state index in [2.05, 4.69) is 15.4 Å². The van der Waals surface area contributed by atoms with E-state index in [9.17, 15) is 0 Å². The Morgan fingerprint density at radius 2 is 2.20 bits per heavy atom. The third-order valence-corrected chi connectivity index (χ3v) is 3.70. The minimum atomic E-state index is 0.0462. The number of nitrogens with zero attached hydrogens (tertiary/aromatic N) is 3. The summed E-state index contributed by atoms with van der Waals surface area (Å²) >= 11 is 6.19. The Morgan fingerprint density at radius 1 is 1.40 bits per heavy atom. The number of ether oxygens (including phenoxy) is 1. The third kappa shape index (κ3) is 2.40. The second-order valence-corrected chi connectivity index (χ2v) is 5.34. The Kier molecular flexibility index (Phi) is 3.43. The molecule has 0 radical (unpaired) electrons. The molecule has 6 heteroatoms. The average molecular weight is 289 g/mol. The van der Waals surface area contributed by atoms with Crippen molar-refractivity contribution < 1.29 is 4.74 Å². The van der Waals surface area contributed by atoms with Crippen LogP contribution in [0.3, 0.4) is 0 Å². The van der Waals surface area contributed by atoms with Crippen LogP contribution in [0.25, 0.3) is 11.3 Å². The standard InChI is InChI=1S/C14H13ClN4O/c1-20-14(8-2-3-8)10-4-9(5-11(15)6-10)13-12(7-16)17-19-18-13/h4-6,8,14H,2-3H2,1H3,(H,17,18,19). The molecule has 1 aliphatic carbocycles. The summed E-state index contributed by atoms with van der Waals surface area (Å²) < 4.78 is 5.58. The van der Waals surface area contributed by atoms with Gasteiger partial charge in [0.05, 0.1) is 6.10 Å². The van der Waals surface area contributed by atoms with Gasteiger partial charge in [-0.05, 0) is 42.5 Å². The SMILES string of the molecule is COC(c1cc(Cl)cc(-c2n[nH]nc2C#N)c1)C1CC1. The van der Waals surface area contributed by atoms with E-state index in [1.54, 1.807) is 13.2 Å². The number of H-pyrrole nitrogens is 1. The predicted octanol–water partition coefficient (Wildman–Crippen LogP) is 3.09. The van der Waals surface area contributed by atoms with Crippen molar-refractivity contribution in [2.45, 2.75) is 18.9 Å². The van der Waals surface area contributed by atoms with E-state index in [1.165, 1.54) is 12.8 Å². The lowest BCUT2D eigenvalue weighted by molar-refractivity contribution is 0.0846. The summed E-state index contributed by atoms with van der Waals surface area (Å²) in [5, 5.41) is 19.9. The van der Waals surface area contributed by atoms with Gasteiger partial charge in [-0.1, -0.05) is 11.6 Å². The fourth-order valence-electron chi connectivity index (χ4n) is 2.42. The highest BCUT2D eigenvalue weighted by atomic mass is 35.5. The van der Waals surface area contributed by atoms with Crippen molar-refractivity contribution in [1.82, 2.24) is 15.4 Å². The third-order valence-electron chi connectivity index (χ3n) is 3.48. The Balaban J connectivity index is 2.04. The fraction of sp³-hybridized carbons (Fsp3) is 0.357. The second-order valence-electron chi connectivity index (χ2n) is 4.90. The molecule has 0 saturated heterocycles. The molecule has 102 valence electrons. The monoisotopic (exact) mass is 288 g/mol. The van der Waals surface area contributed by atoms with Crippen LogP contribution in [0.5, 0.6) is 0 Å². The van der Waals surface area contributed by atoms with Crippen LogP contribution in [-0.4, -0.2) is 22.5 Å². The molecular formula is C14H13ClN4O. The van der Waals surface area contributed by atoms with Gasteiger partial charge in [-0.3, -0.25) is 0 Å². The summed E-state index contributed by atoms with van der Waals surface area (Å²) in [5.41, 5.74) is 2.57. The first-order valence-corrected chi connectivity index (χ1v) is 6.75. The van der Waals surface area contributed by atoms with Gasteiger partial charge in [0.1, 0.15) is 11.8 Å². The van der Waals surface area contributed by atoms with E-state index in [-0.39, 0.29) is 11.8 Å². The molecule has 1 aliphatic rings.